The number of fused-ring (bicyclic) bond motifs is 1. The summed E-state index contributed by atoms with van der Waals surface area (Å²) >= 11 is 0. The van der Waals surface area contributed by atoms with E-state index in [1.165, 1.54) is 0 Å². The van der Waals surface area contributed by atoms with Crippen molar-refractivity contribution in [2.45, 2.75) is 12.8 Å². The number of aryl methyl sites for hydroxylation is 1. The predicted molar refractivity (Wildman–Crippen MR) is 120 cm³/mol. The van der Waals surface area contributed by atoms with Gasteiger partial charge in [-0.3, -0.25) is 9.59 Å². The molecule has 0 unspecified atom stereocenters. The zero-order valence-corrected chi connectivity index (χ0v) is 17.5. The van der Waals surface area contributed by atoms with Crippen molar-refractivity contribution >= 4 is 23.3 Å². The van der Waals surface area contributed by atoms with Crippen molar-refractivity contribution in [1.29, 1.82) is 0 Å². The third-order valence-electron chi connectivity index (χ3n) is 5.28. The minimum absolute atomic E-state index is 0.0886. The van der Waals surface area contributed by atoms with Crippen LogP contribution >= 0.6 is 0 Å². The van der Waals surface area contributed by atoms with Crippen molar-refractivity contribution in [3.8, 4) is 5.75 Å². The zero-order valence-electron chi connectivity index (χ0n) is 17.5. The van der Waals surface area contributed by atoms with Crippen LogP contribution in [0.1, 0.15) is 27.9 Å². The fourth-order valence-corrected chi connectivity index (χ4v) is 3.66. The molecule has 0 bridgehead atoms. The highest BCUT2D eigenvalue weighted by Crippen LogP contribution is 2.26. The van der Waals surface area contributed by atoms with Crippen LogP contribution in [-0.2, 0) is 20.7 Å². The van der Waals surface area contributed by atoms with E-state index >= 15 is 0 Å². The van der Waals surface area contributed by atoms with Crippen molar-refractivity contribution < 1.29 is 23.9 Å². The number of hydrogen-bond donors (Lipinski definition) is 0. The van der Waals surface area contributed by atoms with Crippen LogP contribution in [0.25, 0.3) is 0 Å². The van der Waals surface area contributed by atoms with Gasteiger partial charge in [-0.15, -0.1) is 0 Å². The fraction of sp³-hybridized carbons (Fsp3) is 0.192. The standard InChI is InChI=1S/C26H23NO5/c28-24(27-16-6-10-19-7-4-5-11-23(19)27)17-32-25(29)18-31-22-14-12-21(13-15-22)26(30)20-8-2-1-3-9-20/h1-5,7-9,11-15H,6,10,16-18H2. The van der Waals surface area contributed by atoms with Gasteiger partial charge in [0, 0.05) is 23.4 Å². The lowest BCUT2D eigenvalue weighted by molar-refractivity contribution is -0.149. The van der Waals surface area contributed by atoms with Crippen LogP contribution in [0.4, 0.5) is 5.69 Å². The van der Waals surface area contributed by atoms with E-state index in [4.69, 9.17) is 9.47 Å². The van der Waals surface area contributed by atoms with Gasteiger partial charge in [-0.05, 0) is 48.7 Å². The van der Waals surface area contributed by atoms with Gasteiger partial charge in [0.25, 0.3) is 5.91 Å². The zero-order chi connectivity index (χ0) is 22.3. The molecule has 0 aromatic heterocycles. The number of esters is 1. The van der Waals surface area contributed by atoms with Crippen molar-refractivity contribution in [1.82, 2.24) is 0 Å². The van der Waals surface area contributed by atoms with Gasteiger partial charge in [-0.25, -0.2) is 4.79 Å². The Morgan fingerprint density at radius 3 is 2.25 bits per heavy atom. The Bertz CT molecular complexity index is 1110. The monoisotopic (exact) mass is 429 g/mol. The van der Waals surface area contributed by atoms with Crippen LogP contribution in [-0.4, -0.2) is 37.4 Å². The summed E-state index contributed by atoms with van der Waals surface area (Å²) < 4.78 is 10.5. The van der Waals surface area contributed by atoms with Crippen LogP contribution in [0.15, 0.2) is 78.9 Å². The van der Waals surface area contributed by atoms with E-state index in [0.29, 0.717) is 23.4 Å². The first-order valence-corrected chi connectivity index (χ1v) is 10.5. The number of ether oxygens (including phenoxy) is 2. The summed E-state index contributed by atoms with van der Waals surface area (Å²) in [5.74, 6) is -0.542. The van der Waals surface area contributed by atoms with Crippen molar-refractivity contribution in [3.05, 3.63) is 95.6 Å². The summed E-state index contributed by atoms with van der Waals surface area (Å²) in [4.78, 5) is 38.7. The molecule has 0 atom stereocenters. The molecule has 0 radical (unpaired) electrons. The van der Waals surface area contributed by atoms with Gasteiger partial charge >= 0.3 is 5.97 Å². The van der Waals surface area contributed by atoms with Crippen molar-refractivity contribution in [2.24, 2.45) is 0 Å². The molecule has 1 heterocycles. The number of hydrogen-bond acceptors (Lipinski definition) is 5. The molecule has 32 heavy (non-hydrogen) atoms. The number of benzene rings is 3. The molecule has 4 rings (SSSR count). The highest BCUT2D eigenvalue weighted by Gasteiger charge is 2.23. The number of para-hydroxylation sites is 1. The van der Waals surface area contributed by atoms with E-state index in [9.17, 15) is 14.4 Å². The second-order valence-corrected chi connectivity index (χ2v) is 7.45. The molecule has 3 aromatic carbocycles. The lowest BCUT2D eigenvalue weighted by Crippen LogP contribution is -2.38. The molecule has 0 spiro atoms. The number of nitrogens with zero attached hydrogens (tertiary/aromatic N) is 1. The molecule has 6 nitrogen and oxygen atoms in total. The molecular weight excluding hydrogens is 406 g/mol. The van der Waals surface area contributed by atoms with Gasteiger partial charge in [0.1, 0.15) is 5.75 Å². The molecule has 1 amide bonds. The Kier molecular flexibility index (Phi) is 6.60. The molecule has 0 saturated carbocycles. The van der Waals surface area contributed by atoms with Gasteiger partial charge < -0.3 is 14.4 Å². The smallest absolute Gasteiger partial charge is 0.344 e. The fourth-order valence-electron chi connectivity index (χ4n) is 3.66. The third kappa shape index (κ3) is 5.03. The average molecular weight is 429 g/mol. The number of carbonyl (C=O) groups excluding carboxylic acids is 3. The van der Waals surface area contributed by atoms with E-state index in [-0.39, 0.29) is 24.9 Å². The first kappa shape index (κ1) is 21.3. The molecule has 1 aliphatic rings. The molecule has 0 fully saturated rings. The summed E-state index contributed by atoms with van der Waals surface area (Å²) in [5.41, 5.74) is 3.13. The first-order valence-electron chi connectivity index (χ1n) is 10.5. The third-order valence-corrected chi connectivity index (χ3v) is 5.28. The SMILES string of the molecule is O=C(COc1ccc(C(=O)c2ccccc2)cc1)OCC(=O)N1CCCc2ccccc21. The lowest BCUT2D eigenvalue weighted by Gasteiger charge is -2.29. The lowest BCUT2D eigenvalue weighted by atomic mass is 10.0. The number of amides is 1. The molecule has 0 aliphatic carbocycles. The maximum Gasteiger partial charge on any atom is 0.344 e. The molecule has 162 valence electrons. The van der Waals surface area contributed by atoms with Crippen LogP contribution in [0.5, 0.6) is 5.75 Å². The Morgan fingerprint density at radius 1 is 0.781 bits per heavy atom. The topological polar surface area (TPSA) is 72.9 Å². The maximum atomic E-state index is 12.5. The predicted octanol–water partition coefficient (Wildman–Crippen LogP) is 3.82. The number of rotatable bonds is 7. The van der Waals surface area contributed by atoms with Crippen LogP contribution in [0.2, 0.25) is 0 Å². The van der Waals surface area contributed by atoms with E-state index < -0.39 is 5.97 Å². The average Bonchev–Trinajstić information content (AvgIpc) is 2.86. The van der Waals surface area contributed by atoms with Crippen molar-refractivity contribution in [2.75, 3.05) is 24.7 Å². The largest absolute Gasteiger partial charge is 0.482 e. The minimum Gasteiger partial charge on any atom is -0.482 e. The van der Waals surface area contributed by atoms with Gasteiger partial charge in [-0.1, -0.05) is 48.5 Å². The summed E-state index contributed by atoms with van der Waals surface area (Å²) in [5, 5.41) is 0. The van der Waals surface area contributed by atoms with E-state index in [1.807, 2.05) is 42.5 Å². The minimum atomic E-state index is -0.631. The first-order chi connectivity index (χ1) is 15.6. The Hall–Kier alpha value is -3.93. The van der Waals surface area contributed by atoms with Gasteiger partial charge in [0.15, 0.2) is 19.0 Å². The molecule has 0 saturated heterocycles. The number of carbonyl (C=O) groups is 3. The normalized spacial score (nSPS) is 12.6. The van der Waals surface area contributed by atoms with Gasteiger partial charge in [-0.2, -0.15) is 0 Å². The second-order valence-electron chi connectivity index (χ2n) is 7.45. The van der Waals surface area contributed by atoms with Crippen molar-refractivity contribution in [3.63, 3.8) is 0 Å². The van der Waals surface area contributed by atoms with Gasteiger partial charge in [0.2, 0.25) is 0 Å². The number of anilines is 1. The van der Waals surface area contributed by atoms with Gasteiger partial charge in [0.05, 0.1) is 0 Å². The summed E-state index contributed by atoms with van der Waals surface area (Å²) in [6, 6.07) is 23.3. The highest BCUT2D eigenvalue weighted by atomic mass is 16.6. The molecule has 3 aromatic rings. The van der Waals surface area contributed by atoms with E-state index in [2.05, 4.69) is 0 Å². The summed E-state index contributed by atoms with van der Waals surface area (Å²) in [6.45, 7) is -0.0468. The second kappa shape index (κ2) is 9.92. The van der Waals surface area contributed by atoms with Crippen LogP contribution in [0.3, 0.4) is 0 Å². The molecule has 0 N–H and O–H groups in total. The van der Waals surface area contributed by atoms with E-state index in [0.717, 1.165) is 24.1 Å². The Balaban J connectivity index is 1.26. The van der Waals surface area contributed by atoms with E-state index in [1.54, 1.807) is 41.3 Å². The van der Waals surface area contributed by atoms with Crippen LogP contribution < -0.4 is 9.64 Å². The molecular formula is C26H23NO5. The Labute approximate surface area is 186 Å². The molecule has 1 aliphatic heterocycles. The number of ketones is 1. The maximum absolute atomic E-state index is 12.5. The Morgan fingerprint density at radius 2 is 1.47 bits per heavy atom. The summed E-state index contributed by atoms with van der Waals surface area (Å²) in [7, 11) is 0. The van der Waals surface area contributed by atoms with Crippen LogP contribution in [0, 0.1) is 0 Å². The quantitative estimate of drug-likeness (QED) is 0.422. The summed E-state index contributed by atoms with van der Waals surface area (Å²) in [6.07, 6.45) is 1.81. The highest BCUT2D eigenvalue weighted by molar-refractivity contribution is 6.09. The molecule has 6 heteroatoms.